The van der Waals surface area contributed by atoms with Crippen LogP contribution in [0.25, 0.3) is 0 Å². The van der Waals surface area contributed by atoms with Crippen molar-refractivity contribution in [2.24, 2.45) is 0 Å². The summed E-state index contributed by atoms with van der Waals surface area (Å²) in [5.74, 6) is -0.827. The molecule has 0 aliphatic heterocycles. The van der Waals surface area contributed by atoms with E-state index < -0.39 is 28.5 Å². The Morgan fingerprint density at radius 1 is 0.929 bits per heavy atom. The Morgan fingerprint density at radius 3 is 2.17 bits per heavy atom. The standard InChI is InChI=1S/C32H37Cl2N3O4S/c1-3-24-14-7-10-19-29(24)37(42(2,40)41)22-31(38)36(21-26-27(33)17-11-18-28(26)34)30(20-23-12-5-4-6-13-23)32(39)35-25-15-8-9-16-25/h4-7,10-14,17-19,25,30H,3,8-9,15-16,20-22H2,1-2H3,(H,35,39)/t30-/m1/s1. The lowest BCUT2D eigenvalue weighted by molar-refractivity contribution is -0.140. The molecule has 0 bridgehead atoms. The number of halogens is 2. The smallest absolute Gasteiger partial charge is 0.244 e. The fraction of sp³-hybridized carbons (Fsp3) is 0.375. The summed E-state index contributed by atoms with van der Waals surface area (Å²) < 4.78 is 27.3. The Kier molecular flexibility index (Phi) is 10.9. The molecule has 0 radical (unpaired) electrons. The second kappa shape index (κ2) is 14.4. The van der Waals surface area contributed by atoms with Crippen LogP contribution in [-0.4, -0.2) is 50.0 Å². The molecule has 0 saturated heterocycles. The molecule has 3 aromatic rings. The van der Waals surface area contributed by atoms with Crippen LogP contribution in [0.3, 0.4) is 0 Å². The number of nitrogens with one attached hydrogen (secondary N) is 1. The van der Waals surface area contributed by atoms with Gasteiger partial charge in [-0.25, -0.2) is 8.42 Å². The molecule has 3 aromatic carbocycles. The molecule has 0 aromatic heterocycles. The van der Waals surface area contributed by atoms with Crippen molar-refractivity contribution in [3.05, 3.63) is 99.5 Å². The number of aryl methyl sites for hydroxylation is 1. The molecular weight excluding hydrogens is 593 g/mol. The van der Waals surface area contributed by atoms with E-state index in [1.54, 1.807) is 30.3 Å². The van der Waals surface area contributed by atoms with Gasteiger partial charge in [-0.1, -0.05) is 97.6 Å². The zero-order valence-corrected chi connectivity index (χ0v) is 26.3. The first-order chi connectivity index (χ1) is 20.1. The molecule has 224 valence electrons. The van der Waals surface area contributed by atoms with Crippen LogP contribution in [0.2, 0.25) is 10.0 Å². The van der Waals surface area contributed by atoms with Gasteiger partial charge < -0.3 is 10.2 Å². The van der Waals surface area contributed by atoms with E-state index in [0.29, 0.717) is 27.7 Å². The molecule has 7 nitrogen and oxygen atoms in total. The van der Waals surface area contributed by atoms with E-state index in [4.69, 9.17) is 23.2 Å². The fourth-order valence-corrected chi connectivity index (χ4v) is 6.82. The van der Waals surface area contributed by atoms with Gasteiger partial charge in [0.15, 0.2) is 0 Å². The van der Waals surface area contributed by atoms with Crippen molar-refractivity contribution in [2.45, 2.75) is 64.1 Å². The number of carbonyl (C=O) groups excluding carboxylic acids is 2. The van der Waals surface area contributed by atoms with Gasteiger partial charge in [0.1, 0.15) is 12.6 Å². The van der Waals surface area contributed by atoms with E-state index in [1.807, 2.05) is 49.4 Å². The lowest BCUT2D eigenvalue weighted by Crippen LogP contribution is -2.54. The molecule has 0 unspecified atom stereocenters. The first kappa shape index (κ1) is 31.9. The minimum atomic E-state index is -3.86. The fourth-order valence-electron chi connectivity index (χ4n) is 5.42. The van der Waals surface area contributed by atoms with Crippen LogP contribution < -0.4 is 9.62 Å². The van der Waals surface area contributed by atoms with E-state index in [1.165, 1.54) is 4.90 Å². The van der Waals surface area contributed by atoms with Crippen LogP contribution in [0.1, 0.15) is 49.3 Å². The third-order valence-corrected chi connectivity index (χ3v) is 9.52. The van der Waals surface area contributed by atoms with Gasteiger partial charge >= 0.3 is 0 Å². The van der Waals surface area contributed by atoms with E-state index in [-0.39, 0.29) is 24.9 Å². The number of hydrogen-bond acceptors (Lipinski definition) is 4. The molecule has 1 saturated carbocycles. The molecule has 42 heavy (non-hydrogen) atoms. The average Bonchev–Trinajstić information content (AvgIpc) is 3.47. The molecule has 1 atom stereocenters. The van der Waals surface area contributed by atoms with Gasteiger partial charge in [-0.05, 0) is 48.6 Å². The van der Waals surface area contributed by atoms with Crippen molar-refractivity contribution < 1.29 is 18.0 Å². The van der Waals surface area contributed by atoms with Crippen LogP contribution in [-0.2, 0) is 39.0 Å². The quantitative estimate of drug-likeness (QED) is 0.265. The molecule has 2 amide bonds. The lowest BCUT2D eigenvalue weighted by atomic mass is 10.0. The molecule has 1 N–H and O–H groups in total. The number of anilines is 1. The van der Waals surface area contributed by atoms with Gasteiger partial charge in [0.2, 0.25) is 21.8 Å². The maximum Gasteiger partial charge on any atom is 0.244 e. The van der Waals surface area contributed by atoms with Crippen LogP contribution >= 0.6 is 23.2 Å². The SMILES string of the molecule is CCc1ccccc1N(CC(=O)N(Cc1c(Cl)cccc1Cl)[C@H](Cc1ccccc1)C(=O)NC1CCCC1)S(C)(=O)=O. The molecule has 0 spiro atoms. The van der Waals surface area contributed by atoms with Crippen LogP contribution in [0, 0.1) is 0 Å². The van der Waals surface area contributed by atoms with Crippen molar-refractivity contribution >= 4 is 50.7 Å². The number of sulfonamides is 1. The summed E-state index contributed by atoms with van der Waals surface area (Å²) in [6, 6.07) is 20.7. The first-order valence-electron chi connectivity index (χ1n) is 14.2. The molecule has 1 aliphatic carbocycles. The third kappa shape index (κ3) is 8.06. The summed E-state index contributed by atoms with van der Waals surface area (Å²) in [5, 5.41) is 3.86. The predicted octanol–water partition coefficient (Wildman–Crippen LogP) is 6.02. The molecule has 1 aliphatic rings. The Morgan fingerprint density at radius 2 is 1.55 bits per heavy atom. The number of carbonyl (C=O) groups is 2. The van der Waals surface area contributed by atoms with Crippen molar-refractivity contribution in [1.82, 2.24) is 10.2 Å². The molecule has 1 fully saturated rings. The monoisotopic (exact) mass is 629 g/mol. The second-order valence-corrected chi connectivity index (χ2v) is 13.4. The second-order valence-electron chi connectivity index (χ2n) is 10.7. The van der Waals surface area contributed by atoms with Crippen molar-refractivity contribution in [3.8, 4) is 0 Å². The topological polar surface area (TPSA) is 86.8 Å². The van der Waals surface area contributed by atoms with E-state index >= 15 is 0 Å². The minimum absolute atomic E-state index is 0.0283. The Bertz CT molecular complexity index is 1470. The number of benzene rings is 3. The number of nitrogens with zero attached hydrogens (tertiary/aromatic N) is 2. The maximum atomic E-state index is 14.3. The maximum absolute atomic E-state index is 14.3. The Labute approximate surface area is 258 Å². The number of hydrogen-bond donors (Lipinski definition) is 1. The van der Waals surface area contributed by atoms with Crippen molar-refractivity contribution in [3.63, 3.8) is 0 Å². The summed E-state index contributed by atoms with van der Waals surface area (Å²) >= 11 is 13.1. The van der Waals surface area contributed by atoms with Gasteiger partial charge in [-0.3, -0.25) is 13.9 Å². The minimum Gasteiger partial charge on any atom is -0.352 e. The third-order valence-electron chi connectivity index (χ3n) is 7.68. The summed E-state index contributed by atoms with van der Waals surface area (Å²) in [6.45, 7) is 1.37. The van der Waals surface area contributed by atoms with E-state index in [0.717, 1.165) is 47.4 Å². The molecular formula is C32H37Cl2N3O4S. The summed E-state index contributed by atoms with van der Waals surface area (Å²) in [5.41, 5.74) is 2.57. The normalized spacial score (nSPS) is 14.4. The van der Waals surface area contributed by atoms with Crippen LogP contribution in [0.5, 0.6) is 0 Å². The highest BCUT2D eigenvalue weighted by Crippen LogP contribution is 2.29. The predicted molar refractivity (Wildman–Crippen MR) is 169 cm³/mol. The highest BCUT2D eigenvalue weighted by Gasteiger charge is 2.35. The summed E-state index contributed by atoms with van der Waals surface area (Å²) in [6.07, 6.45) is 5.72. The van der Waals surface area contributed by atoms with E-state index in [2.05, 4.69) is 5.32 Å². The van der Waals surface area contributed by atoms with Crippen molar-refractivity contribution in [2.75, 3.05) is 17.1 Å². The first-order valence-corrected chi connectivity index (χ1v) is 16.8. The highest BCUT2D eigenvalue weighted by atomic mass is 35.5. The molecule has 0 heterocycles. The largest absolute Gasteiger partial charge is 0.352 e. The zero-order chi connectivity index (χ0) is 30.3. The average molecular weight is 631 g/mol. The summed E-state index contributed by atoms with van der Waals surface area (Å²) in [7, 11) is -3.86. The Hall–Kier alpha value is -3.07. The summed E-state index contributed by atoms with van der Waals surface area (Å²) in [4.78, 5) is 29.7. The van der Waals surface area contributed by atoms with Gasteiger partial charge in [-0.2, -0.15) is 0 Å². The van der Waals surface area contributed by atoms with E-state index in [9.17, 15) is 18.0 Å². The number of para-hydroxylation sites is 1. The lowest BCUT2D eigenvalue weighted by Gasteiger charge is -2.34. The highest BCUT2D eigenvalue weighted by molar-refractivity contribution is 7.92. The van der Waals surface area contributed by atoms with Crippen LogP contribution in [0.4, 0.5) is 5.69 Å². The van der Waals surface area contributed by atoms with Gasteiger partial charge in [-0.15, -0.1) is 0 Å². The van der Waals surface area contributed by atoms with Gasteiger partial charge in [0.05, 0.1) is 11.9 Å². The zero-order valence-electron chi connectivity index (χ0n) is 23.9. The molecule has 4 rings (SSSR count). The van der Waals surface area contributed by atoms with Crippen molar-refractivity contribution in [1.29, 1.82) is 0 Å². The van der Waals surface area contributed by atoms with Gasteiger partial charge in [0, 0.05) is 34.6 Å². The van der Waals surface area contributed by atoms with Gasteiger partial charge in [0.25, 0.3) is 0 Å². The molecule has 10 heteroatoms. The Balaban J connectivity index is 1.78. The number of amides is 2. The van der Waals surface area contributed by atoms with Crippen LogP contribution in [0.15, 0.2) is 72.8 Å². The number of rotatable bonds is 12.